The van der Waals surface area contributed by atoms with Gasteiger partial charge in [0.05, 0.1) is 18.8 Å². The van der Waals surface area contributed by atoms with Gasteiger partial charge in [-0.2, -0.15) is 0 Å². The van der Waals surface area contributed by atoms with Crippen molar-refractivity contribution < 1.29 is 4.42 Å². The molecule has 90 valence electrons. The van der Waals surface area contributed by atoms with Gasteiger partial charge in [0.25, 0.3) is 0 Å². The summed E-state index contributed by atoms with van der Waals surface area (Å²) < 4.78 is 5.47. The number of pyridine rings is 1. The summed E-state index contributed by atoms with van der Waals surface area (Å²) in [6.45, 7) is 1.21. The van der Waals surface area contributed by atoms with Gasteiger partial charge in [0.2, 0.25) is 5.89 Å². The van der Waals surface area contributed by atoms with Gasteiger partial charge < -0.3 is 14.6 Å². The van der Waals surface area contributed by atoms with Crippen LogP contribution < -0.4 is 10.2 Å². The van der Waals surface area contributed by atoms with Crippen molar-refractivity contribution in [1.82, 2.24) is 20.5 Å². The molecule has 0 aliphatic heterocycles. The molecule has 0 aliphatic rings. The third-order valence-electron chi connectivity index (χ3n) is 2.24. The van der Waals surface area contributed by atoms with Crippen molar-refractivity contribution in [2.24, 2.45) is 0 Å². The maximum Gasteiger partial charge on any atom is 0.318 e. The van der Waals surface area contributed by atoms with Gasteiger partial charge in [0.1, 0.15) is 0 Å². The molecule has 0 saturated heterocycles. The van der Waals surface area contributed by atoms with E-state index in [4.69, 9.17) is 4.42 Å². The van der Waals surface area contributed by atoms with E-state index < -0.39 is 0 Å². The Balaban J connectivity index is 2.01. The van der Waals surface area contributed by atoms with E-state index in [-0.39, 0.29) is 0 Å². The van der Waals surface area contributed by atoms with Gasteiger partial charge in [-0.3, -0.25) is 4.98 Å². The molecule has 0 atom stereocenters. The molecule has 6 nitrogen and oxygen atoms in total. The number of hydrogen-bond acceptors (Lipinski definition) is 6. The maximum absolute atomic E-state index is 5.47. The Morgan fingerprint density at radius 1 is 1.35 bits per heavy atom. The molecule has 0 unspecified atom stereocenters. The monoisotopic (exact) mass is 233 g/mol. The average molecular weight is 233 g/mol. The van der Waals surface area contributed by atoms with Crippen molar-refractivity contribution in [2.45, 2.75) is 13.1 Å². The summed E-state index contributed by atoms with van der Waals surface area (Å²) in [6, 6.07) is 6.31. The lowest BCUT2D eigenvalue weighted by Gasteiger charge is -2.12. The topological polar surface area (TPSA) is 67.1 Å². The van der Waals surface area contributed by atoms with Crippen LogP contribution in [0.4, 0.5) is 6.01 Å². The normalized spacial score (nSPS) is 10.5. The Kier molecular flexibility index (Phi) is 3.66. The van der Waals surface area contributed by atoms with Crippen LogP contribution in [0.5, 0.6) is 0 Å². The van der Waals surface area contributed by atoms with E-state index in [2.05, 4.69) is 20.5 Å². The standard InChI is InChI=1S/C11H15N5O/c1-12-7-10-14-15-11(17-10)16(2)8-9-5-3-4-6-13-9/h3-6,12H,7-8H2,1-2H3. The van der Waals surface area contributed by atoms with Crippen molar-refractivity contribution in [3.05, 3.63) is 36.0 Å². The van der Waals surface area contributed by atoms with Gasteiger partial charge in [-0.25, -0.2) is 0 Å². The Hall–Kier alpha value is -1.95. The Morgan fingerprint density at radius 3 is 2.94 bits per heavy atom. The lowest BCUT2D eigenvalue weighted by molar-refractivity contribution is 0.475. The molecule has 6 heteroatoms. The third-order valence-corrected chi connectivity index (χ3v) is 2.24. The van der Waals surface area contributed by atoms with E-state index in [0.29, 0.717) is 25.0 Å². The quantitative estimate of drug-likeness (QED) is 0.824. The molecule has 17 heavy (non-hydrogen) atoms. The molecule has 0 radical (unpaired) electrons. The van der Waals surface area contributed by atoms with Crippen molar-refractivity contribution in [2.75, 3.05) is 19.0 Å². The molecule has 0 saturated carbocycles. The average Bonchev–Trinajstić information content (AvgIpc) is 2.79. The highest BCUT2D eigenvalue weighted by Crippen LogP contribution is 2.12. The highest BCUT2D eigenvalue weighted by atomic mass is 16.4. The number of anilines is 1. The van der Waals surface area contributed by atoms with Gasteiger partial charge in [-0.05, 0) is 19.2 Å². The molecular formula is C11H15N5O. The zero-order chi connectivity index (χ0) is 12.1. The molecule has 2 heterocycles. The third kappa shape index (κ3) is 3.01. The first kappa shape index (κ1) is 11.5. The molecule has 1 N–H and O–H groups in total. The van der Waals surface area contributed by atoms with Crippen LogP contribution in [-0.2, 0) is 13.1 Å². The minimum Gasteiger partial charge on any atom is -0.407 e. The Morgan fingerprint density at radius 2 is 2.24 bits per heavy atom. The van der Waals surface area contributed by atoms with Crippen molar-refractivity contribution in [1.29, 1.82) is 0 Å². The van der Waals surface area contributed by atoms with E-state index in [0.717, 1.165) is 5.69 Å². The fraction of sp³-hybridized carbons (Fsp3) is 0.364. The molecule has 0 bridgehead atoms. The van der Waals surface area contributed by atoms with Crippen LogP contribution >= 0.6 is 0 Å². The maximum atomic E-state index is 5.47. The van der Waals surface area contributed by atoms with E-state index in [1.54, 1.807) is 6.20 Å². The summed E-state index contributed by atoms with van der Waals surface area (Å²) in [5.74, 6) is 0.579. The summed E-state index contributed by atoms with van der Waals surface area (Å²) in [7, 11) is 3.73. The second-order valence-electron chi connectivity index (χ2n) is 3.69. The Labute approximate surface area is 99.7 Å². The van der Waals surface area contributed by atoms with E-state index in [9.17, 15) is 0 Å². The van der Waals surface area contributed by atoms with Crippen LogP contribution in [0.1, 0.15) is 11.6 Å². The molecule has 0 spiro atoms. The lowest BCUT2D eigenvalue weighted by atomic mass is 10.3. The van der Waals surface area contributed by atoms with Crippen molar-refractivity contribution in [3.8, 4) is 0 Å². The number of nitrogens with zero attached hydrogens (tertiary/aromatic N) is 4. The summed E-state index contributed by atoms with van der Waals surface area (Å²) in [4.78, 5) is 6.11. The van der Waals surface area contributed by atoms with E-state index in [1.165, 1.54) is 0 Å². The van der Waals surface area contributed by atoms with Crippen LogP contribution in [0.3, 0.4) is 0 Å². The van der Waals surface area contributed by atoms with E-state index in [1.807, 2.05) is 37.2 Å². The Bertz CT molecular complexity index is 456. The minimum atomic E-state index is 0.501. The van der Waals surface area contributed by atoms with E-state index >= 15 is 0 Å². The van der Waals surface area contributed by atoms with Gasteiger partial charge in [0, 0.05) is 13.2 Å². The van der Waals surface area contributed by atoms with Crippen LogP contribution in [-0.4, -0.2) is 29.3 Å². The molecule has 2 aromatic heterocycles. The molecule has 0 amide bonds. The first-order valence-corrected chi connectivity index (χ1v) is 5.37. The minimum absolute atomic E-state index is 0.501. The SMILES string of the molecule is CNCc1nnc(N(C)Cc2ccccn2)o1. The summed E-state index contributed by atoms with van der Waals surface area (Å²) in [6.07, 6.45) is 1.77. The summed E-state index contributed by atoms with van der Waals surface area (Å²) in [5, 5.41) is 10.9. The summed E-state index contributed by atoms with van der Waals surface area (Å²) in [5.41, 5.74) is 0.961. The second kappa shape index (κ2) is 5.40. The molecular weight excluding hydrogens is 218 g/mol. The highest BCUT2D eigenvalue weighted by molar-refractivity contribution is 5.24. The molecule has 2 rings (SSSR count). The van der Waals surface area contributed by atoms with Gasteiger partial charge in [0.15, 0.2) is 0 Å². The van der Waals surface area contributed by atoms with Crippen LogP contribution in [0.25, 0.3) is 0 Å². The number of aromatic nitrogens is 3. The zero-order valence-electron chi connectivity index (χ0n) is 9.92. The molecule has 0 aromatic carbocycles. The summed E-state index contributed by atoms with van der Waals surface area (Å²) >= 11 is 0. The lowest BCUT2D eigenvalue weighted by Crippen LogP contribution is -2.17. The number of nitrogens with one attached hydrogen (secondary N) is 1. The van der Waals surface area contributed by atoms with Crippen LogP contribution in [0.2, 0.25) is 0 Å². The zero-order valence-corrected chi connectivity index (χ0v) is 9.92. The number of rotatable bonds is 5. The second-order valence-corrected chi connectivity index (χ2v) is 3.69. The number of hydrogen-bond donors (Lipinski definition) is 1. The van der Waals surface area contributed by atoms with Crippen LogP contribution in [0.15, 0.2) is 28.8 Å². The fourth-order valence-electron chi connectivity index (χ4n) is 1.42. The molecule has 2 aromatic rings. The van der Waals surface area contributed by atoms with Gasteiger partial charge >= 0.3 is 6.01 Å². The van der Waals surface area contributed by atoms with Crippen molar-refractivity contribution in [3.63, 3.8) is 0 Å². The predicted octanol–water partition coefficient (Wildman–Crippen LogP) is 0.820. The molecule has 0 fully saturated rings. The van der Waals surface area contributed by atoms with Crippen molar-refractivity contribution >= 4 is 6.01 Å². The first-order chi connectivity index (χ1) is 8.29. The molecule has 0 aliphatic carbocycles. The smallest absolute Gasteiger partial charge is 0.318 e. The highest BCUT2D eigenvalue weighted by Gasteiger charge is 2.10. The van der Waals surface area contributed by atoms with Gasteiger partial charge in [-0.1, -0.05) is 11.2 Å². The fourth-order valence-corrected chi connectivity index (χ4v) is 1.42. The largest absolute Gasteiger partial charge is 0.407 e. The predicted molar refractivity (Wildman–Crippen MR) is 63.4 cm³/mol. The van der Waals surface area contributed by atoms with Gasteiger partial charge in [-0.15, -0.1) is 5.10 Å². The van der Waals surface area contributed by atoms with Crippen LogP contribution in [0, 0.1) is 0 Å². The first-order valence-electron chi connectivity index (χ1n) is 5.37.